The van der Waals surface area contributed by atoms with Gasteiger partial charge in [-0.2, -0.15) is 0 Å². The van der Waals surface area contributed by atoms with Crippen molar-refractivity contribution in [1.29, 1.82) is 0 Å². The number of hydrogen-bond donors (Lipinski definition) is 2. The van der Waals surface area contributed by atoms with Crippen LogP contribution in [0.3, 0.4) is 0 Å². The van der Waals surface area contributed by atoms with Crippen LogP contribution in [0.15, 0.2) is 55.1 Å². The van der Waals surface area contributed by atoms with Crippen LogP contribution in [0.4, 0.5) is 0 Å². The highest BCUT2D eigenvalue weighted by atomic mass is 79.9. The Balaban J connectivity index is 2.38. The molecule has 0 aliphatic heterocycles. The maximum absolute atomic E-state index is 9.86. The molecule has 0 saturated heterocycles. The van der Waals surface area contributed by atoms with Crippen molar-refractivity contribution in [3.63, 3.8) is 0 Å². The van der Waals surface area contributed by atoms with E-state index in [1.165, 1.54) is 11.8 Å². The Labute approximate surface area is 120 Å². The number of phenolic OH excluding ortho intramolecular Hbond substituents is 2. The van der Waals surface area contributed by atoms with Crippen LogP contribution in [-0.2, 0) is 0 Å². The van der Waals surface area contributed by atoms with Crippen molar-refractivity contribution in [2.75, 3.05) is 0 Å². The van der Waals surface area contributed by atoms with Crippen LogP contribution >= 0.6 is 43.6 Å². The molecule has 0 bridgehead atoms. The summed E-state index contributed by atoms with van der Waals surface area (Å²) in [5, 5.41) is 19.7. The van der Waals surface area contributed by atoms with Gasteiger partial charge in [0.1, 0.15) is 11.5 Å². The van der Waals surface area contributed by atoms with Crippen LogP contribution in [0.5, 0.6) is 11.5 Å². The Morgan fingerprint density at radius 3 is 1.59 bits per heavy atom. The van der Waals surface area contributed by atoms with E-state index in [4.69, 9.17) is 0 Å². The molecule has 5 heteroatoms. The van der Waals surface area contributed by atoms with Gasteiger partial charge in [-0.05, 0) is 56.1 Å². The van der Waals surface area contributed by atoms with Crippen molar-refractivity contribution >= 4 is 43.6 Å². The second-order valence-electron chi connectivity index (χ2n) is 3.28. The largest absolute Gasteiger partial charge is 0.506 e. The summed E-state index contributed by atoms with van der Waals surface area (Å²) in [6.45, 7) is 0. The summed E-state index contributed by atoms with van der Waals surface area (Å²) in [6.07, 6.45) is 0. The molecule has 2 aromatic carbocycles. The standard InChI is InChI=1S/C12H8Br2O2S/c13-7-3-1-5-9(11(7)15)17-10-6-2-4-8(14)12(10)16/h1-6,15-16H. The predicted octanol–water partition coefficient (Wildman–Crippen LogP) is 4.77. The minimum absolute atomic E-state index is 0.178. The Hall–Kier alpha value is -0.650. The minimum atomic E-state index is 0.178. The highest BCUT2D eigenvalue weighted by Gasteiger charge is 2.10. The monoisotopic (exact) mass is 374 g/mol. The van der Waals surface area contributed by atoms with E-state index in [1.807, 2.05) is 12.1 Å². The average molecular weight is 376 g/mol. The van der Waals surface area contributed by atoms with Gasteiger partial charge in [-0.1, -0.05) is 23.9 Å². The molecule has 2 aromatic rings. The maximum Gasteiger partial charge on any atom is 0.143 e. The molecule has 0 aliphatic carbocycles. The van der Waals surface area contributed by atoms with E-state index in [0.717, 1.165) is 0 Å². The zero-order valence-electron chi connectivity index (χ0n) is 8.52. The quantitative estimate of drug-likeness (QED) is 0.793. The van der Waals surface area contributed by atoms with E-state index in [2.05, 4.69) is 31.9 Å². The number of halogens is 2. The zero-order chi connectivity index (χ0) is 12.4. The van der Waals surface area contributed by atoms with Gasteiger partial charge >= 0.3 is 0 Å². The van der Waals surface area contributed by atoms with Crippen molar-refractivity contribution < 1.29 is 10.2 Å². The molecule has 0 fully saturated rings. The summed E-state index contributed by atoms with van der Waals surface area (Å²) >= 11 is 7.82. The van der Waals surface area contributed by atoms with Crippen LogP contribution in [-0.4, -0.2) is 10.2 Å². The second-order valence-corrected chi connectivity index (χ2v) is 6.07. The van der Waals surface area contributed by atoms with Crippen LogP contribution in [0.2, 0.25) is 0 Å². The molecule has 0 amide bonds. The summed E-state index contributed by atoms with van der Waals surface area (Å²) in [6, 6.07) is 10.8. The number of benzene rings is 2. The second kappa shape index (κ2) is 5.33. The zero-order valence-corrected chi connectivity index (χ0v) is 12.5. The molecule has 2 nitrogen and oxygen atoms in total. The summed E-state index contributed by atoms with van der Waals surface area (Å²) < 4.78 is 1.27. The number of para-hydroxylation sites is 2. The van der Waals surface area contributed by atoms with Crippen LogP contribution in [0, 0.1) is 0 Å². The van der Waals surface area contributed by atoms with Crippen LogP contribution < -0.4 is 0 Å². The third kappa shape index (κ3) is 2.78. The smallest absolute Gasteiger partial charge is 0.143 e. The fraction of sp³-hybridized carbons (Fsp3) is 0. The van der Waals surface area contributed by atoms with Crippen LogP contribution in [0.25, 0.3) is 0 Å². The first-order chi connectivity index (χ1) is 8.09. The third-order valence-corrected chi connectivity index (χ3v) is 4.50. The number of phenols is 2. The fourth-order valence-corrected chi connectivity index (χ4v) is 3.21. The van der Waals surface area contributed by atoms with Gasteiger partial charge in [0.15, 0.2) is 0 Å². The van der Waals surface area contributed by atoms with Crippen molar-refractivity contribution in [1.82, 2.24) is 0 Å². The van der Waals surface area contributed by atoms with Gasteiger partial charge in [0.05, 0.1) is 18.7 Å². The van der Waals surface area contributed by atoms with Gasteiger partial charge < -0.3 is 10.2 Å². The molecule has 2 rings (SSSR count). The van der Waals surface area contributed by atoms with E-state index in [0.29, 0.717) is 18.7 Å². The van der Waals surface area contributed by atoms with Crippen molar-refractivity contribution in [3.05, 3.63) is 45.3 Å². The predicted molar refractivity (Wildman–Crippen MR) is 75.7 cm³/mol. The fourth-order valence-electron chi connectivity index (χ4n) is 1.27. The Kier molecular flexibility index (Phi) is 4.01. The third-order valence-electron chi connectivity index (χ3n) is 2.12. The lowest BCUT2D eigenvalue weighted by Gasteiger charge is -2.08. The first-order valence-electron chi connectivity index (χ1n) is 4.72. The van der Waals surface area contributed by atoms with Crippen molar-refractivity contribution in [2.45, 2.75) is 9.79 Å². The number of rotatable bonds is 2. The van der Waals surface area contributed by atoms with Crippen molar-refractivity contribution in [3.8, 4) is 11.5 Å². The Morgan fingerprint density at radius 1 is 0.765 bits per heavy atom. The van der Waals surface area contributed by atoms with Gasteiger partial charge in [0, 0.05) is 0 Å². The van der Waals surface area contributed by atoms with Crippen LogP contribution in [0.1, 0.15) is 0 Å². The highest BCUT2D eigenvalue weighted by molar-refractivity contribution is 9.10. The topological polar surface area (TPSA) is 40.5 Å². The SMILES string of the molecule is Oc1c(Br)cccc1Sc1cccc(Br)c1O. The molecule has 0 unspecified atom stereocenters. The highest BCUT2D eigenvalue weighted by Crippen LogP contribution is 2.43. The Bertz CT molecular complexity index is 509. The van der Waals surface area contributed by atoms with E-state index < -0.39 is 0 Å². The van der Waals surface area contributed by atoms with Gasteiger partial charge in [0.2, 0.25) is 0 Å². The number of hydrogen-bond acceptors (Lipinski definition) is 3. The van der Waals surface area contributed by atoms with Gasteiger partial charge in [-0.3, -0.25) is 0 Å². The molecule has 17 heavy (non-hydrogen) atoms. The van der Waals surface area contributed by atoms with Gasteiger partial charge in [-0.15, -0.1) is 0 Å². The van der Waals surface area contributed by atoms with E-state index >= 15 is 0 Å². The van der Waals surface area contributed by atoms with Crippen molar-refractivity contribution in [2.24, 2.45) is 0 Å². The normalized spacial score (nSPS) is 10.5. The first-order valence-corrected chi connectivity index (χ1v) is 7.12. The molecule has 0 aromatic heterocycles. The van der Waals surface area contributed by atoms with Gasteiger partial charge in [0.25, 0.3) is 0 Å². The lowest BCUT2D eigenvalue weighted by Crippen LogP contribution is -1.79. The molecular weight excluding hydrogens is 368 g/mol. The molecular formula is C12H8Br2O2S. The van der Waals surface area contributed by atoms with E-state index in [-0.39, 0.29) is 11.5 Å². The maximum atomic E-state index is 9.86. The van der Waals surface area contributed by atoms with Gasteiger partial charge in [-0.25, -0.2) is 0 Å². The summed E-state index contributed by atoms with van der Waals surface area (Å²) in [4.78, 5) is 1.38. The molecule has 0 atom stereocenters. The summed E-state index contributed by atoms with van der Waals surface area (Å²) in [7, 11) is 0. The molecule has 0 spiro atoms. The lowest BCUT2D eigenvalue weighted by atomic mass is 10.3. The first kappa shape index (κ1) is 12.8. The molecule has 0 saturated carbocycles. The Morgan fingerprint density at radius 2 is 1.18 bits per heavy atom. The molecule has 0 heterocycles. The molecule has 2 N–H and O–H groups in total. The lowest BCUT2D eigenvalue weighted by molar-refractivity contribution is 0.456. The summed E-state index contributed by atoms with van der Waals surface area (Å²) in [5.74, 6) is 0.355. The van der Waals surface area contributed by atoms with E-state index in [1.54, 1.807) is 24.3 Å². The minimum Gasteiger partial charge on any atom is -0.506 e. The average Bonchev–Trinajstić information content (AvgIpc) is 2.31. The number of aromatic hydroxyl groups is 2. The van der Waals surface area contributed by atoms with E-state index in [9.17, 15) is 10.2 Å². The molecule has 0 aliphatic rings. The molecule has 88 valence electrons. The molecule has 0 radical (unpaired) electrons. The summed E-state index contributed by atoms with van der Waals surface area (Å²) in [5.41, 5.74) is 0.